The second kappa shape index (κ2) is 6.39. The highest BCUT2D eigenvalue weighted by molar-refractivity contribution is 6.21. The van der Waals surface area contributed by atoms with Gasteiger partial charge in [0.15, 0.2) is 0 Å². The van der Waals surface area contributed by atoms with Crippen molar-refractivity contribution >= 4 is 23.1 Å². The fourth-order valence-corrected chi connectivity index (χ4v) is 3.60. The number of allylic oxidation sites excluding steroid dienone is 1. The van der Waals surface area contributed by atoms with E-state index >= 15 is 0 Å². The molecule has 2 heterocycles. The fourth-order valence-electron chi connectivity index (χ4n) is 3.60. The molecule has 2 aliphatic rings. The molecule has 1 aliphatic heterocycles. The van der Waals surface area contributed by atoms with Crippen LogP contribution >= 0.6 is 0 Å². The average molecular weight is 367 g/mol. The van der Waals surface area contributed by atoms with Crippen molar-refractivity contribution in [2.45, 2.75) is 25.1 Å². The second-order valence-electron chi connectivity index (χ2n) is 6.41. The Kier molecular flexibility index (Phi) is 4.02. The van der Waals surface area contributed by atoms with Gasteiger partial charge in [0.2, 0.25) is 0 Å². The second-order valence-corrected chi connectivity index (χ2v) is 6.41. The summed E-state index contributed by atoms with van der Waals surface area (Å²) in [5.74, 6) is -1.10. The van der Waals surface area contributed by atoms with E-state index in [0.717, 1.165) is 11.1 Å². The molecule has 0 saturated carbocycles. The SMILES string of the molecule is O=C1c2ccccc2C(=O)N1[C@H]1C=C(c2ccncc2[N+](=O)[O-])CC[C@@H]1F. The molecule has 2 amide bonds. The Balaban J connectivity index is 1.76. The molecule has 4 rings (SSSR count). The van der Waals surface area contributed by atoms with Crippen molar-refractivity contribution in [3.63, 3.8) is 0 Å². The van der Waals surface area contributed by atoms with Gasteiger partial charge in [-0.2, -0.15) is 0 Å². The van der Waals surface area contributed by atoms with E-state index in [1.165, 1.54) is 30.5 Å². The number of carbonyl (C=O) groups is 2. The molecule has 1 aromatic heterocycles. The summed E-state index contributed by atoms with van der Waals surface area (Å²) < 4.78 is 14.7. The summed E-state index contributed by atoms with van der Waals surface area (Å²) in [6.45, 7) is 0. The molecule has 2 atom stereocenters. The minimum absolute atomic E-state index is 0.0589. The Hall–Kier alpha value is -3.42. The first-order valence-corrected chi connectivity index (χ1v) is 8.39. The third kappa shape index (κ3) is 2.69. The van der Waals surface area contributed by atoms with Crippen LogP contribution in [0.1, 0.15) is 39.1 Å². The number of aromatic nitrogens is 1. The number of hydrogen-bond acceptors (Lipinski definition) is 5. The molecule has 0 saturated heterocycles. The van der Waals surface area contributed by atoms with Crippen molar-refractivity contribution in [2.24, 2.45) is 0 Å². The Morgan fingerprint density at radius 1 is 1.11 bits per heavy atom. The number of nitrogens with zero attached hydrogens (tertiary/aromatic N) is 3. The molecule has 8 heteroatoms. The maximum Gasteiger partial charge on any atom is 0.294 e. The number of imide groups is 1. The van der Waals surface area contributed by atoms with E-state index in [-0.39, 0.29) is 29.7 Å². The van der Waals surface area contributed by atoms with Crippen molar-refractivity contribution < 1.29 is 18.9 Å². The largest absolute Gasteiger partial charge is 0.294 e. The van der Waals surface area contributed by atoms with Gasteiger partial charge >= 0.3 is 0 Å². The summed E-state index contributed by atoms with van der Waals surface area (Å²) in [4.78, 5) is 40.7. The van der Waals surface area contributed by atoms with E-state index in [0.29, 0.717) is 11.1 Å². The predicted molar refractivity (Wildman–Crippen MR) is 93.7 cm³/mol. The summed E-state index contributed by atoms with van der Waals surface area (Å²) in [6.07, 6.45) is 2.90. The molecule has 1 aromatic carbocycles. The third-order valence-electron chi connectivity index (χ3n) is 4.90. The molecule has 7 nitrogen and oxygen atoms in total. The highest BCUT2D eigenvalue weighted by Gasteiger charge is 2.43. The monoisotopic (exact) mass is 367 g/mol. The number of amides is 2. The summed E-state index contributed by atoms with van der Waals surface area (Å²) in [7, 11) is 0. The van der Waals surface area contributed by atoms with Crippen LogP contribution in [0.2, 0.25) is 0 Å². The van der Waals surface area contributed by atoms with Gasteiger partial charge in [-0.3, -0.25) is 29.6 Å². The lowest BCUT2D eigenvalue weighted by Gasteiger charge is -2.31. The lowest BCUT2D eigenvalue weighted by molar-refractivity contribution is -0.385. The molecule has 27 heavy (non-hydrogen) atoms. The van der Waals surface area contributed by atoms with Crippen LogP contribution in [-0.2, 0) is 0 Å². The smallest absolute Gasteiger partial charge is 0.269 e. The van der Waals surface area contributed by atoms with Crippen molar-refractivity contribution in [2.75, 3.05) is 0 Å². The predicted octanol–water partition coefficient (Wildman–Crippen LogP) is 3.17. The van der Waals surface area contributed by atoms with Crippen LogP contribution in [0.15, 0.2) is 48.8 Å². The summed E-state index contributed by atoms with van der Waals surface area (Å²) in [5.41, 5.74) is 1.14. The molecular weight excluding hydrogens is 353 g/mol. The first-order valence-electron chi connectivity index (χ1n) is 8.39. The van der Waals surface area contributed by atoms with E-state index in [4.69, 9.17) is 0 Å². The van der Waals surface area contributed by atoms with Crippen LogP contribution in [-0.4, -0.2) is 38.8 Å². The van der Waals surface area contributed by atoms with Crippen LogP contribution in [0.4, 0.5) is 10.1 Å². The minimum atomic E-state index is -1.43. The lowest BCUT2D eigenvalue weighted by Crippen LogP contribution is -2.45. The van der Waals surface area contributed by atoms with E-state index in [1.807, 2.05) is 0 Å². The molecule has 0 spiro atoms. The molecular formula is C19H14FN3O4. The van der Waals surface area contributed by atoms with Crippen molar-refractivity contribution in [1.29, 1.82) is 0 Å². The topological polar surface area (TPSA) is 93.4 Å². The number of alkyl halides is 1. The van der Waals surface area contributed by atoms with Gasteiger partial charge in [0, 0.05) is 6.20 Å². The lowest BCUT2D eigenvalue weighted by atomic mass is 9.88. The number of fused-ring (bicyclic) bond motifs is 1. The summed E-state index contributed by atoms with van der Waals surface area (Å²) >= 11 is 0. The van der Waals surface area contributed by atoms with Crippen LogP contribution < -0.4 is 0 Å². The molecule has 0 radical (unpaired) electrons. The molecule has 136 valence electrons. The highest BCUT2D eigenvalue weighted by Crippen LogP contribution is 2.37. The Bertz CT molecular complexity index is 969. The van der Waals surface area contributed by atoms with Crippen LogP contribution in [0.25, 0.3) is 5.57 Å². The van der Waals surface area contributed by atoms with Gasteiger partial charge in [0.05, 0.1) is 27.7 Å². The van der Waals surface area contributed by atoms with E-state index in [1.54, 1.807) is 12.1 Å². The number of pyridine rings is 1. The summed E-state index contributed by atoms with van der Waals surface area (Å²) in [6, 6.07) is 6.73. The number of halogens is 1. The van der Waals surface area contributed by atoms with E-state index in [2.05, 4.69) is 4.98 Å². The van der Waals surface area contributed by atoms with E-state index in [9.17, 15) is 24.1 Å². The fraction of sp³-hybridized carbons (Fsp3) is 0.211. The number of hydrogen-bond donors (Lipinski definition) is 0. The summed E-state index contributed by atoms with van der Waals surface area (Å²) in [5, 5.41) is 11.3. The first kappa shape index (κ1) is 17.0. The minimum Gasteiger partial charge on any atom is -0.269 e. The Morgan fingerprint density at radius 3 is 2.41 bits per heavy atom. The number of carbonyl (C=O) groups excluding carboxylic acids is 2. The van der Waals surface area contributed by atoms with Gasteiger partial charge in [-0.25, -0.2) is 4.39 Å². The van der Waals surface area contributed by atoms with Gasteiger partial charge in [0.1, 0.15) is 12.4 Å². The average Bonchev–Trinajstić information content (AvgIpc) is 2.93. The molecule has 1 aliphatic carbocycles. The normalized spacial score (nSPS) is 21.8. The molecule has 0 bridgehead atoms. The van der Waals surface area contributed by atoms with Crippen LogP contribution in [0, 0.1) is 10.1 Å². The number of benzene rings is 1. The van der Waals surface area contributed by atoms with Crippen molar-refractivity contribution in [3.05, 3.63) is 75.6 Å². The zero-order valence-corrected chi connectivity index (χ0v) is 14.0. The van der Waals surface area contributed by atoms with E-state index < -0.39 is 29.0 Å². The quantitative estimate of drug-likeness (QED) is 0.472. The first-order chi connectivity index (χ1) is 13.0. The molecule has 2 aromatic rings. The number of nitro groups is 1. The highest BCUT2D eigenvalue weighted by atomic mass is 19.1. The Labute approximate surface area is 153 Å². The van der Waals surface area contributed by atoms with Crippen molar-refractivity contribution in [3.8, 4) is 0 Å². The Morgan fingerprint density at radius 2 is 1.78 bits per heavy atom. The zero-order valence-electron chi connectivity index (χ0n) is 14.0. The standard InChI is InChI=1S/C19H14FN3O4/c20-15-6-5-11(12-7-8-21-10-17(12)23(26)27)9-16(15)22-18(24)13-3-1-2-4-14(13)19(22)25/h1-4,7-10,15-16H,5-6H2/t15-,16-/m0/s1. The van der Waals surface area contributed by atoms with Crippen LogP contribution in [0.3, 0.4) is 0 Å². The zero-order chi connectivity index (χ0) is 19.1. The van der Waals surface area contributed by atoms with Gasteiger partial charge < -0.3 is 0 Å². The molecule has 0 fully saturated rings. The van der Waals surface area contributed by atoms with Gasteiger partial charge in [-0.15, -0.1) is 0 Å². The third-order valence-corrected chi connectivity index (χ3v) is 4.90. The van der Waals surface area contributed by atoms with Crippen molar-refractivity contribution in [1.82, 2.24) is 9.88 Å². The van der Waals surface area contributed by atoms with Gasteiger partial charge in [-0.05, 0) is 36.6 Å². The van der Waals surface area contributed by atoms with Crippen LogP contribution in [0.5, 0.6) is 0 Å². The van der Waals surface area contributed by atoms with Gasteiger partial charge in [-0.1, -0.05) is 18.2 Å². The number of rotatable bonds is 3. The maximum atomic E-state index is 14.7. The van der Waals surface area contributed by atoms with Gasteiger partial charge in [0.25, 0.3) is 17.5 Å². The molecule has 0 unspecified atom stereocenters. The molecule has 0 N–H and O–H groups in total. The maximum absolute atomic E-state index is 14.7.